The van der Waals surface area contributed by atoms with E-state index in [0.29, 0.717) is 18.6 Å². The molecule has 0 saturated carbocycles. The molecule has 156 valence electrons. The van der Waals surface area contributed by atoms with Gasteiger partial charge in [-0.3, -0.25) is 9.89 Å². The molecule has 0 amide bonds. The maximum Gasteiger partial charge on any atom is 0.181 e. The van der Waals surface area contributed by atoms with E-state index in [4.69, 9.17) is 4.98 Å². The fourth-order valence-corrected chi connectivity index (χ4v) is 4.61. The maximum atomic E-state index is 11.5. The predicted octanol–water partition coefficient (Wildman–Crippen LogP) is 6.07. The summed E-state index contributed by atoms with van der Waals surface area (Å²) >= 11 is 1.80. The van der Waals surface area contributed by atoms with E-state index in [-0.39, 0.29) is 6.04 Å². The molecular weight excluding hydrogens is 392 g/mol. The third kappa shape index (κ3) is 4.93. The molecule has 6 heteroatoms. The summed E-state index contributed by atoms with van der Waals surface area (Å²) in [5.74, 6) is 2.95. The Hall–Kier alpha value is -2.60. The van der Waals surface area contributed by atoms with Crippen LogP contribution in [0.25, 0.3) is 22.2 Å². The molecule has 1 aliphatic heterocycles. The number of hydrogen-bond acceptors (Lipinski definition) is 5. The van der Waals surface area contributed by atoms with Crippen molar-refractivity contribution in [3.63, 3.8) is 0 Å². The summed E-state index contributed by atoms with van der Waals surface area (Å²) in [4.78, 5) is 18.7. The first-order valence-electron chi connectivity index (χ1n) is 10.7. The highest BCUT2D eigenvalue weighted by Gasteiger charge is 2.23. The van der Waals surface area contributed by atoms with Crippen molar-refractivity contribution in [2.45, 2.75) is 51.5 Å². The second-order valence-corrected chi connectivity index (χ2v) is 8.57. The molecule has 1 atom stereocenters. The fourth-order valence-electron chi connectivity index (χ4n) is 3.84. The van der Waals surface area contributed by atoms with Crippen LogP contribution in [0.3, 0.4) is 0 Å². The number of fused-ring (bicyclic) bond motifs is 1. The lowest BCUT2D eigenvalue weighted by Gasteiger charge is -2.25. The van der Waals surface area contributed by atoms with E-state index in [1.807, 2.05) is 6.92 Å². The molecule has 1 aliphatic rings. The first-order valence-corrected chi connectivity index (χ1v) is 11.8. The molecule has 0 spiro atoms. The number of unbranched alkanes of at least 4 members (excludes halogenated alkanes) is 2. The molecule has 0 unspecified atom stereocenters. The van der Waals surface area contributed by atoms with Gasteiger partial charge in [-0.15, -0.1) is 11.8 Å². The van der Waals surface area contributed by atoms with Crippen LogP contribution in [0.5, 0.6) is 0 Å². The van der Waals surface area contributed by atoms with Gasteiger partial charge in [0.15, 0.2) is 5.82 Å². The zero-order valence-corrected chi connectivity index (χ0v) is 18.2. The number of hydrogen-bond donors (Lipinski definition) is 1. The molecule has 5 nitrogen and oxygen atoms in total. The average molecular weight is 421 g/mol. The van der Waals surface area contributed by atoms with Crippen molar-refractivity contribution in [3.05, 3.63) is 59.9 Å². The quantitative estimate of drug-likeness (QED) is 0.403. The minimum Gasteiger partial charge on any atom is -0.357 e. The molecule has 0 saturated heterocycles. The number of aromatic nitrogens is 3. The number of nitrogens with zero attached hydrogens (tertiary/aromatic N) is 3. The van der Waals surface area contributed by atoms with E-state index in [9.17, 15) is 4.79 Å². The fraction of sp³-hybridized carbons (Fsp3) is 0.375. The largest absolute Gasteiger partial charge is 0.357 e. The Morgan fingerprint density at radius 1 is 1.17 bits per heavy atom. The van der Waals surface area contributed by atoms with Gasteiger partial charge in [0.1, 0.15) is 11.6 Å². The van der Waals surface area contributed by atoms with E-state index >= 15 is 0 Å². The Balaban J connectivity index is 1.46. The molecule has 0 aliphatic carbocycles. The van der Waals surface area contributed by atoms with Gasteiger partial charge in [0.25, 0.3) is 0 Å². The first kappa shape index (κ1) is 20.7. The van der Waals surface area contributed by atoms with Crippen LogP contribution in [0.2, 0.25) is 0 Å². The Labute approximate surface area is 182 Å². The summed E-state index contributed by atoms with van der Waals surface area (Å²) in [6.45, 7) is 1.94. The van der Waals surface area contributed by atoms with Crippen molar-refractivity contribution in [3.8, 4) is 11.4 Å². The lowest BCUT2D eigenvalue weighted by molar-refractivity contribution is -0.118. The molecule has 1 aromatic heterocycles. The van der Waals surface area contributed by atoms with Gasteiger partial charge in [-0.2, -0.15) is 5.10 Å². The van der Waals surface area contributed by atoms with Crippen LogP contribution >= 0.6 is 11.8 Å². The Kier molecular flexibility index (Phi) is 6.84. The van der Waals surface area contributed by atoms with Crippen LogP contribution in [0.1, 0.15) is 57.3 Å². The van der Waals surface area contributed by atoms with Gasteiger partial charge in [-0.1, -0.05) is 56.2 Å². The van der Waals surface area contributed by atoms with Gasteiger partial charge >= 0.3 is 0 Å². The van der Waals surface area contributed by atoms with Crippen molar-refractivity contribution >= 4 is 28.3 Å². The van der Waals surface area contributed by atoms with Crippen LogP contribution in [0.4, 0.5) is 0 Å². The lowest BCUT2D eigenvalue weighted by atomic mass is 10.0. The number of benzene rings is 2. The van der Waals surface area contributed by atoms with Gasteiger partial charge in [0.05, 0.1) is 11.9 Å². The molecule has 2 heterocycles. The van der Waals surface area contributed by atoms with E-state index in [0.717, 1.165) is 48.8 Å². The van der Waals surface area contributed by atoms with Crippen LogP contribution in [0, 0.1) is 0 Å². The Morgan fingerprint density at radius 2 is 2.03 bits per heavy atom. The van der Waals surface area contributed by atoms with Crippen molar-refractivity contribution in [2.75, 3.05) is 5.88 Å². The van der Waals surface area contributed by atoms with Crippen molar-refractivity contribution in [1.29, 1.82) is 0 Å². The highest BCUT2D eigenvalue weighted by Crippen LogP contribution is 2.31. The topological polar surface area (TPSA) is 61.9 Å². The summed E-state index contributed by atoms with van der Waals surface area (Å²) in [7, 11) is 0. The monoisotopic (exact) mass is 420 g/mol. The molecule has 1 N–H and O–H groups in total. The zero-order valence-electron chi connectivity index (χ0n) is 17.4. The Bertz CT molecular complexity index is 1030. The predicted molar refractivity (Wildman–Crippen MR) is 124 cm³/mol. The van der Waals surface area contributed by atoms with Crippen molar-refractivity contribution in [1.82, 2.24) is 20.1 Å². The zero-order chi connectivity index (χ0) is 20.8. The summed E-state index contributed by atoms with van der Waals surface area (Å²) in [5, 5.41) is 12.3. The third-order valence-corrected chi connectivity index (χ3v) is 6.39. The second-order valence-electron chi connectivity index (χ2n) is 7.71. The van der Waals surface area contributed by atoms with Gasteiger partial charge in [0, 0.05) is 24.6 Å². The van der Waals surface area contributed by atoms with Crippen LogP contribution in [-0.2, 0) is 4.79 Å². The summed E-state index contributed by atoms with van der Waals surface area (Å²) in [6.07, 6.45) is 7.61. The first-order chi connectivity index (χ1) is 14.7. The number of thioether (sulfide) groups is 1. The van der Waals surface area contributed by atoms with Gasteiger partial charge in [0.2, 0.25) is 0 Å². The summed E-state index contributed by atoms with van der Waals surface area (Å²) in [6, 6.07) is 14.9. The smallest absolute Gasteiger partial charge is 0.181 e. The highest BCUT2D eigenvalue weighted by atomic mass is 32.2. The average Bonchev–Trinajstić information content (AvgIpc) is 3.48. The number of rotatable bonds is 10. The number of aromatic amines is 1. The second kappa shape index (κ2) is 9.94. The number of carbonyl (C=O) groups is 1. The summed E-state index contributed by atoms with van der Waals surface area (Å²) in [5.41, 5.74) is 1.03. The minimum atomic E-state index is 0.180. The number of nitrogens with one attached hydrogen (secondary N) is 1. The normalized spacial score (nSPS) is 14.5. The minimum absolute atomic E-state index is 0.180. The molecule has 0 radical (unpaired) electrons. The maximum absolute atomic E-state index is 11.5. The molecule has 3 aromatic rings. The van der Waals surface area contributed by atoms with E-state index in [1.54, 1.807) is 11.8 Å². The van der Waals surface area contributed by atoms with Gasteiger partial charge < -0.3 is 4.90 Å². The van der Waals surface area contributed by atoms with Crippen LogP contribution in [-0.4, -0.2) is 31.7 Å². The molecular formula is C24H28N4OS. The van der Waals surface area contributed by atoms with Gasteiger partial charge in [-0.05, 0) is 35.1 Å². The van der Waals surface area contributed by atoms with Crippen molar-refractivity contribution in [2.24, 2.45) is 0 Å². The molecule has 30 heavy (non-hydrogen) atoms. The number of Topliss-reactive ketones (excluding diaryl/α,β-unsaturated/α-hetero) is 1. The molecule has 2 aromatic carbocycles. The van der Waals surface area contributed by atoms with E-state index in [1.165, 1.54) is 10.8 Å². The van der Waals surface area contributed by atoms with Gasteiger partial charge in [-0.25, -0.2) is 4.98 Å². The standard InChI is InChI=1S/C24H28N4OS/c1-2-21(29)10-4-3-5-11-22(28-14-15-30-17-28)24-25-23(26-27-24)20-13-12-18-8-6-7-9-19(18)16-20/h6-9,12-16,22H,2-5,10-11,17H2,1H3,(H,25,26,27)/t22-/m0/s1. The molecule has 0 bridgehead atoms. The van der Waals surface area contributed by atoms with Crippen LogP contribution < -0.4 is 0 Å². The Morgan fingerprint density at radius 3 is 2.83 bits per heavy atom. The number of H-pyrrole nitrogens is 1. The number of ketones is 1. The lowest BCUT2D eigenvalue weighted by Crippen LogP contribution is -2.22. The SMILES string of the molecule is CCC(=O)CCCCC[C@@H](c1nc(-c2ccc3ccccc3c2)n[nH]1)N1C=CSC1. The summed E-state index contributed by atoms with van der Waals surface area (Å²) < 4.78 is 0. The third-order valence-electron chi connectivity index (χ3n) is 5.63. The van der Waals surface area contributed by atoms with E-state index < -0.39 is 0 Å². The number of carbonyl (C=O) groups excluding carboxylic acids is 1. The van der Waals surface area contributed by atoms with Crippen LogP contribution in [0.15, 0.2) is 54.1 Å². The van der Waals surface area contributed by atoms with E-state index in [2.05, 4.69) is 69.2 Å². The molecule has 0 fully saturated rings. The highest BCUT2D eigenvalue weighted by molar-refractivity contribution is 8.02. The molecule has 4 rings (SSSR count). The van der Waals surface area contributed by atoms with Crippen molar-refractivity contribution < 1.29 is 4.79 Å².